The number of anilines is 1. The summed E-state index contributed by atoms with van der Waals surface area (Å²) in [6.45, 7) is 0. The Morgan fingerprint density at radius 3 is 2.48 bits per heavy atom. The number of nitrogens with one attached hydrogen (secondary N) is 2. The SMILES string of the molecule is O=C(Nc1ccc(F)cc1F)c1cc(-c2ncnc3ccc(-c4cn[nH]c4)cc23)ccc1F. The molecule has 5 aromatic rings. The van der Waals surface area contributed by atoms with Crippen LogP contribution in [0.25, 0.3) is 33.3 Å². The summed E-state index contributed by atoms with van der Waals surface area (Å²) in [5.74, 6) is -3.42. The number of benzene rings is 3. The lowest BCUT2D eigenvalue weighted by atomic mass is 10.0. The molecular weight excluding hydrogens is 431 g/mol. The van der Waals surface area contributed by atoms with Crippen molar-refractivity contribution in [1.82, 2.24) is 20.2 Å². The third kappa shape index (κ3) is 3.91. The van der Waals surface area contributed by atoms with Gasteiger partial charge in [0.1, 0.15) is 23.8 Å². The topological polar surface area (TPSA) is 83.6 Å². The van der Waals surface area contributed by atoms with Gasteiger partial charge >= 0.3 is 0 Å². The molecule has 9 heteroatoms. The third-order valence-corrected chi connectivity index (χ3v) is 5.13. The van der Waals surface area contributed by atoms with Crippen LogP contribution in [0.1, 0.15) is 10.4 Å². The van der Waals surface area contributed by atoms with Gasteiger partial charge in [-0.25, -0.2) is 23.1 Å². The van der Waals surface area contributed by atoms with Gasteiger partial charge in [0.2, 0.25) is 0 Å². The molecule has 0 fully saturated rings. The zero-order valence-electron chi connectivity index (χ0n) is 16.8. The fourth-order valence-electron chi connectivity index (χ4n) is 3.50. The molecule has 2 aromatic heterocycles. The van der Waals surface area contributed by atoms with Crippen molar-refractivity contribution in [2.45, 2.75) is 0 Å². The van der Waals surface area contributed by atoms with Gasteiger partial charge in [-0.15, -0.1) is 0 Å². The molecule has 3 aromatic carbocycles. The highest BCUT2D eigenvalue weighted by molar-refractivity contribution is 6.06. The second-order valence-corrected chi connectivity index (χ2v) is 7.21. The largest absolute Gasteiger partial charge is 0.319 e. The van der Waals surface area contributed by atoms with Crippen LogP contribution in [0.15, 0.2) is 73.3 Å². The van der Waals surface area contributed by atoms with E-state index in [1.54, 1.807) is 12.4 Å². The molecule has 0 aliphatic carbocycles. The zero-order chi connectivity index (χ0) is 22.9. The molecule has 33 heavy (non-hydrogen) atoms. The van der Waals surface area contributed by atoms with Crippen molar-refractivity contribution in [2.24, 2.45) is 0 Å². The van der Waals surface area contributed by atoms with Crippen molar-refractivity contribution in [2.75, 3.05) is 5.32 Å². The van der Waals surface area contributed by atoms with E-state index in [2.05, 4.69) is 25.5 Å². The number of aromatic nitrogens is 4. The maximum atomic E-state index is 14.5. The second kappa shape index (κ2) is 8.19. The van der Waals surface area contributed by atoms with E-state index in [-0.39, 0.29) is 11.3 Å². The number of aromatic amines is 1. The van der Waals surface area contributed by atoms with Crippen molar-refractivity contribution < 1.29 is 18.0 Å². The molecule has 0 aliphatic rings. The smallest absolute Gasteiger partial charge is 0.258 e. The van der Waals surface area contributed by atoms with E-state index < -0.39 is 23.4 Å². The molecule has 2 N–H and O–H groups in total. The molecule has 0 saturated carbocycles. The van der Waals surface area contributed by atoms with Gasteiger partial charge in [-0.2, -0.15) is 5.10 Å². The number of rotatable bonds is 4. The fraction of sp³-hybridized carbons (Fsp3) is 0. The summed E-state index contributed by atoms with van der Waals surface area (Å²) in [5.41, 5.74) is 2.80. The maximum Gasteiger partial charge on any atom is 0.258 e. The van der Waals surface area contributed by atoms with E-state index in [4.69, 9.17) is 0 Å². The Labute approximate surface area is 185 Å². The van der Waals surface area contributed by atoms with Gasteiger partial charge in [-0.05, 0) is 48.0 Å². The lowest BCUT2D eigenvalue weighted by molar-refractivity contribution is 0.102. The van der Waals surface area contributed by atoms with Gasteiger partial charge in [-0.1, -0.05) is 6.07 Å². The minimum absolute atomic E-state index is 0.261. The first kappa shape index (κ1) is 20.4. The molecule has 1 amide bonds. The average molecular weight is 445 g/mol. The van der Waals surface area contributed by atoms with Gasteiger partial charge in [0.25, 0.3) is 5.91 Å². The molecule has 5 rings (SSSR count). The van der Waals surface area contributed by atoms with Gasteiger partial charge in [0.05, 0.1) is 28.7 Å². The summed E-state index contributed by atoms with van der Waals surface area (Å²) in [4.78, 5) is 21.3. The highest BCUT2D eigenvalue weighted by Crippen LogP contribution is 2.30. The molecule has 0 saturated heterocycles. The first-order chi connectivity index (χ1) is 16.0. The Balaban J connectivity index is 1.56. The normalized spacial score (nSPS) is 11.0. The van der Waals surface area contributed by atoms with Crippen molar-refractivity contribution >= 4 is 22.5 Å². The van der Waals surface area contributed by atoms with E-state index >= 15 is 0 Å². The number of hydrogen-bond donors (Lipinski definition) is 2. The third-order valence-electron chi connectivity index (χ3n) is 5.13. The molecule has 0 aliphatic heterocycles. The minimum atomic E-state index is -0.964. The Morgan fingerprint density at radius 1 is 0.848 bits per heavy atom. The molecule has 0 bridgehead atoms. The van der Waals surface area contributed by atoms with Crippen molar-refractivity contribution in [1.29, 1.82) is 0 Å². The quantitative estimate of drug-likeness (QED) is 0.390. The number of carbonyl (C=O) groups excluding carboxylic acids is 1. The zero-order valence-corrected chi connectivity index (χ0v) is 16.8. The van der Waals surface area contributed by atoms with Crippen LogP contribution in [0.5, 0.6) is 0 Å². The van der Waals surface area contributed by atoms with Crippen LogP contribution in [0.2, 0.25) is 0 Å². The number of hydrogen-bond acceptors (Lipinski definition) is 4. The van der Waals surface area contributed by atoms with Crippen molar-refractivity contribution in [3.63, 3.8) is 0 Å². The molecular formula is C24H14F3N5O. The van der Waals surface area contributed by atoms with E-state index in [9.17, 15) is 18.0 Å². The lowest BCUT2D eigenvalue weighted by Crippen LogP contribution is -2.15. The predicted molar refractivity (Wildman–Crippen MR) is 117 cm³/mol. The molecule has 0 unspecified atom stereocenters. The van der Waals surface area contributed by atoms with E-state index in [0.29, 0.717) is 28.2 Å². The van der Waals surface area contributed by atoms with Crippen LogP contribution < -0.4 is 5.32 Å². The highest BCUT2D eigenvalue weighted by Gasteiger charge is 2.17. The monoisotopic (exact) mass is 445 g/mol. The molecule has 2 heterocycles. The van der Waals surface area contributed by atoms with Gasteiger partial charge < -0.3 is 5.32 Å². The summed E-state index contributed by atoms with van der Waals surface area (Å²) >= 11 is 0. The number of fused-ring (bicyclic) bond motifs is 1. The first-order valence-electron chi connectivity index (χ1n) is 9.80. The number of carbonyl (C=O) groups is 1. The Morgan fingerprint density at radius 2 is 1.70 bits per heavy atom. The summed E-state index contributed by atoms with van der Waals surface area (Å²) in [5, 5.41) is 9.68. The number of H-pyrrole nitrogens is 1. The Kier molecular flexibility index (Phi) is 5.06. The van der Waals surface area contributed by atoms with Crippen molar-refractivity contribution in [3.8, 4) is 22.4 Å². The predicted octanol–water partition coefficient (Wildman–Crippen LogP) is 5.36. The maximum absolute atomic E-state index is 14.5. The summed E-state index contributed by atoms with van der Waals surface area (Å²) < 4.78 is 41.6. The van der Waals surface area contributed by atoms with Crippen LogP contribution >= 0.6 is 0 Å². The van der Waals surface area contributed by atoms with Crippen molar-refractivity contribution in [3.05, 3.63) is 96.3 Å². The Hall–Kier alpha value is -4.53. The number of nitrogens with zero attached hydrogens (tertiary/aromatic N) is 3. The molecule has 6 nitrogen and oxygen atoms in total. The fourth-order valence-corrected chi connectivity index (χ4v) is 3.50. The van der Waals surface area contributed by atoms with Crippen LogP contribution in [-0.2, 0) is 0 Å². The first-order valence-corrected chi connectivity index (χ1v) is 9.80. The van der Waals surface area contributed by atoms with Gasteiger partial charge in [-0.3, -0.25) is 9.89 Å². The number of amides is 1. The van der Waals surface area contributed by atoms with Crippen LogP contribution in [0.3, 0.4) is 0 Å². The molecule has 0 atom stereocenters. The van der Waals surface area contributed by atoms with E-state index in [1.807, 2.05) is 18.2 Å². The highest BCUT2D eigenvalue weighted by atomic mass is 19.1. The van der Waals surface area contributed by atoms with E-state index in [1.165, 1.54) is 18.5 Å². The average Bonchev–Trinajstić information content (AvgIpc) is 3.35. The minimum Gasteiger partial charge on any atom is -0.319 e. The summed E-state index contributed by atoms with van der Waals surface area (Å²) in [7, 11) is 0. The van der Waals surface area contributed by atoms with Gasteiger partial charge in [0.15, 0.2) is 0 Å². The van der Waals surface area contributed by atoms with Gasteiger partial charge in [0, 0.05) is 28.8 Å². The second-order valence-electron chi connectivity index (χ2n) is 7.21. The van der Waals surface area contributed by atoms with Crippen LogP contribution in [0.4, 0.5) is 18.9 Å². The van der Waals surface area contributed by atoms with Crippen LogP contribution in [-0.4, -0.2) is 26.1 Å². The lowest BCUT2D eigenvalue weighted by Gasteiger charge is -2.11. The molecule has 0 radical (unpaired) electrons. The van der Waals surface area contributed by atoms with Crippen LogP contribution in [0, 0.1) is 17.5 Å². The van der Waals surface area contributed by atoms with E-state index in [0.717, 1.165) is 29.3 Å². The summed E-state index contributed by atoms with van der Waals surface area (Å²) in [6.07, 6.45) is 4.81. The summed E-state index contributed by atoms with van der Waals surface area (Å²) in [6, 6.07) is 12.3. The standard InChI is InChI=1S/C24H14F3N5O/c25-16-3-6-22(20(27)9-16)32-24(33)17-8-14(1-4-19(17)26)23-18-7-13(15-10-30-31-11-15)2-5-21(18)28-12-29-23/h1-12H,(H,30,31)(H,32,33). The molecule has 162 valence electrons. The molecule has 0 spiro atoms. The Bertz CT molecular complexity index is 1500. The number of halogens is 3.